The number of carbonyl (C=O) groups is 3. The van der Waals surface area contributed by atoms with Crippen LogP contribution in [0.15, 0.2) is 78.9 Å². The third-order valence-electron chi connectivity index (χ3n) is 4.01. The molecule has 8 nitrogen and oxygen atoms in total. The molecule has 0 saturated heterocycles. The van der Waals surface area contributed by atoms with E-state index in [0.29, 0.717) is 34.7 Å². The number of urea groups is 1. The highest BCUT2D eigenvalue weighted by atomic mass is 32.1. The molecule has 0 heterocycles. The van der Waals surface area contributed by atoms with E-state index in [1.165, 1.54) is 4.31 Å². The number of carbonyl (C=O) groups excluding carboxylic acids is 3. The molecule has 4 N–H and O–H groups in total. The van der Waals surface area contributed by atoms with Gasteiger partial charge in [0.2, 0.25) is 6.41 Å². The van der Waals surface area contributed by atoms with Crippen molar-refractivity contribution in [2.75, 3.05) is 20.4 Å². The fraction of sp³-hybridized carbons (Fsp3) is 0. The molecule has 0 radical (unpaired) electrons. The first-order valence-electron chi connectivity index (χ1n) is 8.88. The maximum atomic E-state index is 12.4. The van der Waals surface area contributed by atoms with Gasteiger partial charge in [0.05, 0.1) is 11.4 Å². The standard InChI is InChI=1S/C21H19N5O3S/c27-14-22-25-18-8-6-15(7-9-18)20(28)23-17-10-12-19(13-11-17)26(30)21(29)24-16-4-2-1-3-5-16/h1-14,25,30H,(H,22,27)(H,23,28)(H,24,29). The smallest absolute Gasteiger partial charge is 0.322 e. The lowest BCUT2D eigenvalue weighted by Gasteiger charge is -2.17. The fourth-order valence-electron chi connectivity index (χ4n) is 2.52. The van der Waals surface area contributed by atoms with E-state index in [4.69, 9.17) is 0 Å². The molecule has 4 amide bonds. The van der Waals surface area contributed by atoms with Crippen molar-refractivity contribution in [3.05, 3.63) is 84.4 Å². The molecule has 0 saturated carbocycles. The SMILES string of the molecule is O=CNNc1ccc(C(=O)Nc2ccc(N(S)C(=O)Nc3ccccc3)cc2)cc1. The Kier molecular flexibility index (Phi) is 6.91. The van der Waals surface area contributed by atoms with Crippen LogP contribution in [0, 0.1) is 0 Å². The Hall–Kier alpha value is -3.98. The van der Waals surface area contributed by atoms with Gasteiger partial charge in [0.15, 0.2) is 0 Å². The summed E-state index contributed by atoms with van der Waals surface area (Å²) in [6, 6.07) is 21.9. The summed E-state index contributed by atoms with van der Waals surface area (Å²) in [5.41, 5.74) is 7.85. The first-order valence-corrected chi connectivity index (χ1v) is 9.28. The van der Waals surface area contributed by atoms with E-state index in [1.54, 1.807) is 60.7 Å². The van der Waals surface area contributed by atoms with Crippen molar-refractivity contribution < 1.29 is 14.4 Å². The van der Waals surface area contributed by atoms with E-state index in [9.17, 15) is 14.4 Å². The zero-order valence-corrected chi connectivity index (χ0v) is 16.6. The molecule has 0 bridgehead atoms. The molecule has 152 valence electrons. The molecule has 0 aliphatic heterocycles. The Morgan fingerprint density at radius 2 is 1.37 bits per heavy atom. The summed E-state index contributed by atoms with van der Waals surface area (Å²) >= 11 is 4.24. The average molecular weight is 421 g/mol. The summed E-state index contributed by atoms with van der Waals surface area (Å²) in [6.45, 7) is 0. The molecule has 0 aliphatic carbocycles. The molecule has 30 heavy (non-hydrogen) atoms. The van der Waals surface area contributed by atoms with Crippen molar-refractivity contribution in [1.29, 1.82) is 0 Å². The van der Waals surface area contributed by atoms with Crippen molar-refractivity contribution in [1.82, 2.24) is 5.43 Å². The summed E-state index contributed by atoms with van der Waals surface area (Å²) in [5, 5.41) is 5.52. The fourth-order valence-corrected chi connectivity index (χ4v) is 2.71. The van der Waals surface area contributed by atoms with E-state index in [-0.39, 0.29) is 5.91 Å². The maximum Gasteiger partial charge on any atom is 0.336 e. The monoisotopic (exact) mass is 421 g/mol. The second-order valence-corrected chi connectivity index (χ2v) is 6.47. The lowest BCUT2D eigenvalue weighted by molar-refractivity contribution is -0.109. The molecule has 0 spiro atoms. The molecule has 3 aromatic carbocycles. The van der Waals surface area contributed by atoms with Gasteiger partial charge in [-0.1, -0.05) is 31.0 Å². The van der Waals surface area contributed by atoms with Gasteiger partial charge >= 0.3 is 6.03 Å². The molecular weight excluding hydrogens is 402 g/mol. The molecule has 3 aromatic rings. The number of hydrogen-bond donors (Lipinski definition) is 5. The Labute approximate surface area is 178 Å². The maximum absolute atomic E-state index is 12.4. The first-order chi connectivity index (χ1) is 14.6. The summed E-state index contributed by atoms with van der Waals surface area (Å²) in [5.74, 6) is -0.290. The molecular formula is C21H19N5O3S. The van der Waals surface area contributed by atoms with Crippen LogP contribution in [0.1, 0.15) is 10.4 Å². The van der Waals surface area contributed by atoms with Crippen LogP contribution in [-0.4, -0.2) is 18.3 Å². The molecule has 9 heteroatoms. The number of para-hydroxylation sites is 1. The van der Waals surface area contributed by atoms with Gasteiger partial charge < -0.3 is 10.6 Å². The minimum atomic E-state index is -0.404. The molecule has 0 fully saturated rings. The van der Waals surface area contributed by atoms with Gasteiger partial charge in [-0.2, -0.15) is 0 Å². The second-order valence-electron chi connectivity index (χ2n) is 6.07. The highest BCUT2D eigenvalue weighted by Crippen LogP contribution is 2.21. The van der Waals surface area contributed by atoms with E-state index in [1.807, 2.05) is 18.2 Å². The van der Waals surface area contributed by atoms with Gasteiger partial charge in [-0.05, 0) is 60.7 Å². The lowest BCUT2D eigenvalue weighted by atomic mass is 10.2. The molecule has 0 unspecified atom stereocenters. The number of anilines is 4. The van der Waals surface area contributed by atoms with Crippen LogP contribution in [0.2, 0.25) is 0 Å². The number of rotatable bonds is 7. The highest BCUT2D eigenvalue weighted by molar-refractivity contribution is 7.82. The Morgan fingerprint density at radius 1 is 0.767 bits per heavy atom. The van der Waals surface area contributed by atoms with Crippen LogP contribution in [0.4, 0.5) is 27.5 Å². The molecule has 0 aliphatic rings. The summed E-state index contributed by atoms with van der Waals surface area (Å²) in [7, 11) is 0. The molecule has 0 atom stereocenters. The van der Waals surface area contributed by atoms with Crippen LogP contribution in [0.3, 0.4) is 0 Å². The number of amides is 4. The van der Waals surface area contributed by atoms with E-state index in [0.717, 1.165) is 0 Å². The predicted molar refractivity (Wildman–Crippen MR) is 121 cm³/mol. The van der Waals surface area contributed by atoms with Crippen LogP contribution in [0.25, 0.3) is 0 Å². The van der Waals surface area contributed by atoms with Crippen molar-refractivity contribution in [2.24, 2.45) is 0 Å². The van der Waals surface area contributed by atoms with Gasteiger partial charge in [-0.25, -0.2) is 9.10 Å². The number of hydrazine groups is 1. The van der Waals surface area contributed by atoms with Gasteiger partial charge in [0.25, 0.3) is 5.91 Å². The van der Waals surface area contributed by atoms with Crippen molar-refractivity contribution in [2.45, 2.75) is 0 Å². The van der Waals surface area contributed by atoms with Crippen molar-refractivity contribution in [3.8, 4) is 0 Å². The Balaban J connectivity index is 1.59. The largest absolute Gasteiger partial charge is 0.336 e. The second kappa shape index (κ2) is 9.99. The zero-order valence-electron chi connectivity index (χ0n) is 15.7. The summed E-state index contributed by atoms with van der Waals surface area (Å²) in [6.07, 6.45) is 0.515. The van der Waals surface area contributed by atoms with Crippen LogP contribution >= 0.6 is 12.8 Å². The quantitative estimate of drug-likeness (QED) is 0.227. The first kappa shape index (κ1) is 20.7. The molecule has 0 aromatic heterocycles. The third kappa shape index (κ3) is 5.52. The minimum Gasteiger partial charge on any atom is -0.322 e. The van der Waals surface area contributed by atoms with Crippen molar-refractivity contribution >= 4 is 53.9 Å². The third-order valence-corrected chi connectivity index (χ3v) is 4.42. The van der Waals surface area contributed by atoms with Gasteiger partial charge in [0, 0.05) is 16.9 Å². The number of nitrogens with one attached hydrogen (secondary N) is 4. The van der Waals surface area contributed by atoms with Crippen molar-refractivity contribution in [3.63, 3.8) is 0 Å². The highest BCUT2D eigenvalue weighted by Gasteiger charge is 2.13. The number of hydrogen-bond acceptors (Lipinski definition) is 5. The normalized spacial score (nSPS) is 9.90. The Bertz CT molecular complexity index is 1010. The topological polar surface area (TPSA) is 103 Å². The van der Waals surface area contributed by atoms with Crippen LogP contribution in [-0.2, 0) is 4.79 Å². The van der Waals surface area contributed by atoms with Gasteiger partial charge in [-0.15, -0.1) is 0 Å². The average Bonchev–Trinajstić information content (AvgIpc) is 2.78. The van der Waals surface area contributed by atoms with Crippen LogP contribution in [0.5, 0.6) is 0 Å². The Morgan fingerprint density at radius 3 is 2.00 bits per heavy atom. The van der Waals surface area contributed by atoms with Crippen LogP contribution < -0.4 is 25.8 Å². The van der Waals surface area contributed by atoms with E-state index >= 15 is 0 Å². The number of thiol groups is 1. The minimum absolute atomic E-state index is 0.290. The summed E-state index contributed by atoms with van der Waals surface area (Å²) < 4.78 is 1.18. The lowest BCUT2D eigenvalue weighted by Crippen LogP contribution is -2.26. The molecule has 3 rings (SSSR count). The summed E-state index contributed by atoms with van der Waals surface area (Å²) in [4.78, 5) is 34.9. The van der Waals surface area contributed by atoms with E-state index in [2.05, 4.69) is 34.3 Å². The number of nitrogens with zero attached hydrogens (tertiary/aromatic N) is 1. The van der Waals surface area contributed by atoms with Gasteiger partial charge in [0.1, 0.15) is 0 Å². The number of benzene rings is 3. The zero-order chi connectivity index (χ0) is 21.3. The van der Waals surface area contributed by atoms with Gasteiger partial charge in [-0.3, -0.25) is 20.4 Å². The van der Waals surface area contributed by atoms with E-state index < -0.39 is 6.03 Å². The predicted octanol–water partition coefficient (Wildman–Crippen LogP) is 3.90.